The summed E-state index contributed by atoms with van der Waals surface area (Å²) in [6, 6.07) is 1.54. The topological polar surface area (TPSA) is 74.7 Å². The molecule has 2 amide bonds. The van der Waals surface area contributed by atoms with Crippen LogP contribution in [0.4, 0.5) is 5.69 Å². The van der Waals surface area contributed by atoms with Crippen LogP contribution in [0.2, 0.25) is 0 Å². The highest BCUT2D eigenvalue weighted by Crippen LogP contribution is 2.48. The zero-order chi connectivity index (χ0) is 13.6. The molecule has 0 radical (unpaired) electrons. The monoisotopic (exact) mass is 279 g/mol. The summed E-state index contributed by atoms with van der Waals surface area (Å²) in [5.41, 5.74) is -0.328. The first-order valence-electron chi connectivity index (χ1n) is 6.23. The number of amides is 2. The van der Waals surface area contributed by atoms with Crippen LogP contribution in [-0.4, -0.2) is 22.9 Å². The molecule has 2 fully saturated rings. The zero-order valence-electron chi connectivity index (χ0n) is 10.2. The Labute approximate surface area is 113 Å². The van der Waals surface area contributed by atoms with Gasteiger partial charge in [-0.3, -0.25) is 9.59 Å². The van der Waals surface area contributed by atoms with E-state index in [9.17, 15) is 14.4 Å². The average molecular weight is 279 g/mol. The smallest absolute Gasteiger partial charge is 0.348 e. The lowest BCUT2D eigenvalue weighted by Crippen LogP contribution is -2.34. The van der Waals surface area contributed by atoms with E-state index >= 15 is 0 Å². The number of carboxylic acids is 1. The molecule has 2 aliphatic rings. The molecule has 1 saturated carbocycles. The highest BCUT2D eigenvalue weighted by atomic mass is 32.1. The van der Waals surface area contributed by atoms with Crippen LogP contribution in [0.3, 0.4) is 0 Å². The predicted octanol–water partition coefficient (Wildman–Crippen LogP) is 2.27. The number of nitrogens with zero attached hydrogens (tertiary/aromatic N) is 1. The Morgan fingerprint density at radius 3 is 2.63 bits per heavy atom. The van der Waals surface area contributed by atoms with Crippen molar-refractivity contribution in [2.45, 2.75) is 32.1 Å². The van der Waals surface area contributed by atoms with Crippen LogP contribution in [0, 0.1) is 5.41 Å². The van der Waals surface area contributed by atoms with Crippen molar-refractivity contribution in [1.29, 1.82) is 0 Å². The molecule has 0 aromatic carbocycles. The summed E-state index contributed by atoms with van der Waals surface area (Å²) in [6.45, 7) is 0. The van der Waals surface area contributed by atoms with Crippen molar-refractivity contribution >= 4 is 34.8 Å². The second kappa shape index (κ2) is 4.16. The van der Waals surface area contributed by atoms with Gasteiger partial charge in [0, 0.05) is 6.42 Å². The number of anilines is 1. The maximum atomic E-state index is 12.5. The first-order chi connectivity index (χ1) is 9.05. The highest BCUT2D eigenvalue weighted by Gasteiger charge is 2.53. The Hall–Kier alpha value is -1.69. The molecule has 5 nitrogen and oxygen atoms in total. The van der Waals surface area contributed by atoms with E-state index in [0.717, 1.165) is 41.9 Å². The molecule has 1 aromatic heterocycles. The largest absolute Gasteiger partial charge is 0.477 e. The zero-order valence-corrected chi connectivity index (χ0v) is 11.0. The van der Waals surface area contributed by atoms with Gasteiger partial charge in [-0.15, -0.1) is 11.3 Å². The summed E-state index contributed by atoms with van der Waals surface area (Å²) in [5.74, 6) is -1.58. The lowest BCUT2D eigenvalue weighted by Gasteiger charge is -2.20. The van der Waals surface area contributed by atoms with Crippen LogP contribution < -0.4 is 4.90 Å². The van der Waals surface area contributed by atoms with Crippen LogP contribution >= 0.6 is 11.3 Å². The molecule has 2 heterocycles. The average Bonchev–Trinajstić information content (AvgIpc) is 3.02. The third kappa shape index (κ3) is 1.70. The summed E-state index contributed by atoms with van der Waals surface area (Å²) >= 11 is 1.03. The summed E-state index contributed by atoms with van der Waals surface area (Å²) in [5, 5.41) is 10.7. The van der Waals surface area contributed by atoms with Gasteiger partial charge in [0.05, 0.1) is 11.1 Å². The molecule has 0 bridgehead atoms. The summed E-state index contributed by atoms with van der Waals surface area (Å²) in [7, 11) is 0. The number of hydrogen-bond donors (Lipinski definition) is 1. The van der Waals surface area contributed by atoms with Gasteiger partial charge < -0.3 is 5.11 Å². The fourth-order valence-electron chi connectivity index (χ4n) is 3.12. The molecule has 1 aromatic rings. The minimum Gasteiger partial charge on any atom is -0.477 e. The number of thiophene rings is 1. The van der Waals surface area contributed by atoms with Gasteiger partial charge in [0.2, 0.25) is 11.8 Å². The van der Waals surface area contributed by atoms with Gasteiger partial charge in [-0.2, -0.15) is 0 Å². The quantitative estimate of drug-likeness (QED) is 0.843. The minimum absolute atomic E-state index is 0.0525. The van der Waals surface area contributed by atoms with Gasteiger partial charge in [0.1, 0.15) is 4.88 Å². The van der Waals surface area contributed by atoms with Crippen molar-refractivity contribution in [2.24, 2.45) is 5.41 Å². The molecule has 19 heavy (non-hydrogen) atoms. The molecular formula is C13H13NO4S. The number of hydrogen-bond acceptors (Lipinski definition) is 4. The molecule has 0 unspecified atom stereocenters. The fourth-order valence-corrected chi connectivity index (χ4v) is 3.83. The first-order valence-corrected chi connectivity index (χ1v) is 7.11. The number of imide groups is 1. The lowest BCUT2D eigenvalue weighted by molar-refractivity contribution is -0.125. The van der Waals surface area contributed by atoms with Crippen molar-refractivity contribution in [1.82, 2.24) is 0 Å². The van der Waals surface area contributed by atoms with E-state index in [4.69, 9.17) is 5.11 Å². The number of carbonyl (C=O) groups is 3. The van der Waals surface area contributed by atoms with E-state index in [2.05, 4.69) is 0 Å². The van der Waals surface area contributed by atoms with E-state index < -0.39 is 11.4 Å². The van der Waals surface area contributed by atoms with Gasteiger partial charge in [-0.1, -0.05) is 12.8 Å². The van der Waals surface area contributed by atoms with Gasteiger partial charge in [-0.25, -0.2) is 9.69 Å². The van der Waals surface area contributed by atoms with E-state index in [1.807, 2.05) is 0 Å². The predicted molar refractivity (Wildman–Crippen MR) is 69.3 cm³/mol. The van der Waals surface area contributed by atoms with E-state index in [0.29, 0.717) is 0 Å². The third-order valence-electron chi connectivity index (χ3n) is 4.04. The van der Waals surface area contributed by atoms with Crippen molar-refractivity contribution < 1.29 is 19.5 Å². The minimum atomic E-state index is -1.10. The van der Waals surface area contributed by atoms with Gasteiger partial charge >= 0.3 is 5.97 Å². The number of carbonyl (C=O) groups excluding carboxylic acids is 2. The van der Waals surface area contributed by atoms with Crippen molar-refractivity contribution in [3.8, 4) is 0 Å². The van der Waals surface area contributed by atoms with Crippen molar-refractivity contribution in [3.63, 3.8) is 0 Å². The van der Waals surface area contributed by atoms with Crippen LogP contribution in [-0.2, 0) is 9.59 Å². The van der Waals surface area contributed by atoms with Crippen LogP contribution in [0.1, 0.15) is 41.8 Å². The Balaban J connectivity index is 2.01. The molecule has 100 valence electrons. The number of carboxylic acid groups (broad SMARTS) is 1. The van der Waals surface area contributed by atoms with Gasteiger partial charge in [0.25, 0.3) is 0 Å². The second-order valence-electron chi connectivity index (χ2n) is 5.14. The van der Waals surface area contributed by atoms with Crippen molar-refractivity contribution in [3.05, 3.63) is 16.3 Å². The fraction of sp³-hybridized carbons (Fsp3) is 0.462. The molecule has 1 N–H and O–H groups in total. The van der Waals surface area contributed by atoms with Crippen molar-refractivity contribution in [2.75, 3.05) is 4.90 Å². The molecule has 1 aliphatic heterocycles. The number of rotatable bonds is 2. The lowest BCUT2D eigenvalue weighted by atomic mass is 9.84. The Kier molecular flexibility index (Phi) is 2.70. The Morgan fingerprint density at radius 1 is 1.32 bits per heavy atom. The molecule has 6 heteroatoms. The third-order valence-corrected chi connectivity index (χ3v) is 4.93. The molecule has 1 aliphatic carbocycles. The standard InChI is InChI=1S/C13H13NO4S/c15-9-7-13(4-1-2-5-13)12(18)14(9)8-3-6-19-10(8)11(16)17/h3,6H,1-2,4-5,7H2,(H,16,17). The molecular weight excluding hydrogens is 266 g/mol. The van der Waals surface area contributed by atoms with E-state index in [-0.39, 0.29) is 28.8 Å². The maximum Gasteiger partial charge on any atom is 0.348 e. The van der Waals surface area contributed by atoms with E-state index in [1.54, 1.807) is 5.38 Å². The highest BCUT2D eigenvalue weighted by molar-refractivity contribution is 7.12. The summed E-state index contributed by atoms with van der Waals surface area (Å²) in [6.07, 6.45) is 3.62. The van der Waals surface area contributed by atoms with Crippen LogP contribution in [0.15, 0.2) is 11.4 Å². The molecule has 1 spiro atoms. The SMILES string of the molecule is O=C(O)c1sccc1N1C(=O)CC2(CCCC2)C1=O. The normalized spacial score (nSPS) is 21.6. The first kappa shape index (κ1) is 12.3. The maximum absolute atomic E-state index is 12.5. The van der Waals surface area contributed by atoms with Gasteiger partial charge in [-0.05, 0) is 24.3 Å². The van der Waals surface area contributed by atoms with Crippen LogP contribution in [0.5, 0.6) is 0 Å². The number of aromatic carboxylic acids is 1. The summed E-state index contributed by atoms with van der Waals surface area (Å²) in [4.78, 5) is 36.9. The molecule has 1 saturated heterocycles. The van der Waals surface area contributed by atoms with Gasteiger partial charge in [0.15, 0.2) is 0 Å². The summed E-state index contributed by atoms with van der Waals surface area (Å²) < 4.78 is 0. The van der Waals surface area contributed by atoms with E-state index in [1.165, 1.54) is 6.07 Å². The molecule has 3 rings (SSSR count). The Bertz CT molecular complexity index is 571. The van der Waals surface area contributed by atoms with Crippen LogP contribution in [0.25, 0.3) is 0 Å². The Morgan fingerprint density at radius 2 is 2.00 bits per heavy atom. The second-order valence-corrected chi connectivity index (χ2v) is 6.05. The molecule has 0 atom stereocenters.